The van der Waals surface area contributed by atoms with E-state index in [1.165, 1.54) is 10.9 Å². The second-order valence-electron chi connectivity index (χ2n) is 4.68. The first-order chi connectivity index (χ1) is 11.0. The number of carbonyl (C=O) groups is 1. The molecule has 2 rings (SSSR count). The van der Waals surface area contributed by atoms with Crippen molar-refractivity contribution in [3.05, 3.63) is 39.6 Å². The molecule has 1 amide bonds. The molecule has 0 aliphatic heterocycles. The molecular formula is C15H17BrN4O3. The van der Waals surface area contributed by atoms with Crippen molar-refractivity contribution in [2.45, 2.75) is 6.92 Å². The van der Waals surface area contributed by atoms with E-state index in [2.05, 4.69) is 31.6 Å². The summed E-state index contributed by atoms with van der Waals surface area (Å²) < 4.78 is 12.5. The largest absolute Gasteiger partial charge is 0.497 e. The quantitative estimate of drug-likeness (QED) is 0.637. The zero-order valence-electron chi connectivity index (χ0n) is 13.3. The molecule has 8 heteroatoms. The lowest BCUT2D eigenvalue weighted by Gasteiger charge is -2.07. The molecule has 0 aliphatic carbocycles. The molecule has 2 aromatic rings. The first-order valence-electron chi connectivity index (χ1n) is 6.72. The number of nitrogens with one attached hydrogen (secondary N) is 1. The minimum absolute atomic E-state index is 0.358. The standard InChI is InChI=1S/C15H17BrN4O3/c1-9-13(16)14(20(2)19-9)15(21)18-17-8-10-5-6-11(22-3)7-12(10)23-4/h5-8H,1-4H3,(H,18,21)/b17-8+. The topological polar surface area (TPSA) is 77.7 Å². The summed E-state index contributed by atoms with van der Waals surface area (Å²) in [7, 11) is 4.83. The monoisotopic (exact) mass is 380 g/mol. The van der Waals surface area contributed by atoms with Crippen LogP contribution in [0.3, 0.4) is 0 Å². The molecule has 0 bridgehead atoms. The number of hydrogen-bond donors (Lipinski definition) is 1. The Bertz CT molecular complexity index is 755. The van der Waals surface area contributed by atoms with Gasteiger partial charge in [0.1, 0.15) is 17.2 Å². The van der Waals surface area contributed by atoms with Crippen LogP contribution in [-0.4, -0.2) is 36.1 Å². The number of aromatic nitrogens is 2. The summed E-state index contributed by atoms with van der Waals surface area (Å²) in [5.41, 5.74) is 4.33. The van der Waals surface area contributed by atoms with Crippen molar-refractivity contribution >= 4 is 28.1 Å². The zero-order valence-corrected chi connectivity index (χ0v) is 14.8. The number of amides is 1. The Balaban J connectivity index is 2.14. The Labute approximate surface area is 142 Å². The normalized spacial score (nSPS) is 10.8. The smallest absolute Gasteiger partial charge is 0.290 e. The summed E-state index contributed by atoms with van der Waals surface area (Å²) in [6.45, 7) is 1.81. The molecule has 0 fully saturated rings. The van der Waals surface area contributed by atoms with Gasteiger partial charge in [-0.25, -0.2) is 5.43 Å². The fraction of sp³-hybridized carbons (Fsp3) is 0.267. The van der Waals surface area contributed by atoms with Gasteiger partial charge in [-0.15, -0.1) is 0 Å². The maximum atomic E-state index is 12.2. The van der Waals surface area contributed by atoms with Crippen molar-refractivity contribution in [2.24, 2.45) is 12.1 Å². The number of ether oxygens (including phenoxy) is 2. The second kappa shape index (κ2) is 7.28. The summed E-state index contributed by atoms with van der Waals surface area (Å²) in [4.78, 5) is 12.2. The number of rotatable bonds is 5. The van der Waals surface area contributed by atoms with Crippen molar-refractivity contribution in [2.75, 3.05) is 14.2 Å². The van der Waals surface area contributed by atoms with Crippen LogP contribution in [0.5, 0.6) is 11.5 Å². The first kappa shape index (κ1) is 17.0. The highest BCUT2D eigenvalue weighted by Crippen LogP contribution is 2.23. The molecular weight excluding hydrogens is 364 g/mol. The maximum Gasteiger partial charge on any atom is 0.290 e. The lowest BCUT2D eigenvalue weighted by molar-refractivity contribution is 0.0945. The number of aryl methyl sites for hydroxylation is 2. The van der Waals surface area contributed by atoms with Crippen molar-refractivity contribution in [1.29, 1.82) is 0 Å². The molecule has 0 saturated carbocycles. The molecule has 0 saturated heterocycles. The predicted molar refractivity (Wildman–Crippen MR) is 90.3 cm³/mol. The van der Waals surface area contributed by atoms with E-state index < -0.39 is 0 Å². The highest BCUT2D eigenvalue weighted by Gasteiger charge is 2.17. The van der Waals surface area contributed by atoms with Gasteiger partial charge in [0.2, 0.25) is 0 Å². The minimum Gasteiger partial charge on any atom is -0.497 e. The van der Waals surface area contributed by atoms with E-state index in [9.17, 15) is 4.79 Å². The SMILES string of the molecule is COc1ccc(/C=N/NC(=O)c2c(Br)c(C)nn2C)c(OC)c1. The lowest BCUT2D eigenvalue weighted by Crippen LogP contribution is -2.21. The van der Waals surface area contributed by atoms with Gasteiger partial charge in [-0.1, -0.05) is 0 Å². The molecule has 7 nitrogen and oxygen atoms in total. The van der Waals surface area contributed by atoms with Gasteiger partial charge in [0.05, 0.1) is 30.6 Å². The number of benzene rings is 1. The molecule has 0 spiro atoms. The summed E-state index contributed by atoms with van der Waals surface area (Å²) in [6, 6.07) is 5.31. The van der Waals surface area contributed by atoms with Gasteiger partial charge < -0.3 is 9.47 Å². The Hall–Kier alpha value is -2.35. The van der Waals surface area contributed by atoms with Gasteiger partial charge in [0, 0.05) is 18.7 Å². The van der Waals surface area contributed by atoms with E-state index >= 15 is 0 Å². The van der Waals surface area contributed by atoms with E-state index in [0.29, 0.717) is 27.2 Å². The van der Waals surface area contributed by atoms with Gasteiger partial charge in [-0.3, -0.25) is 9.48 Å². The van der Waals surface area contributed by atoms with Crippen LogP contribution in [0.1, 0.15) is 21.7 Å². The van der Waals surface area contributed by atoms with Crippen LogP contribution in [0.25, 0.3) is 0 Å². The lowest BCUT2D eigenvalue weighted by atomic mass is 10.2. The third-order valence-corrected chi connectivity index (χ3v) is 4.12. The molecule has 1 heterocycles. The number of halogens is 1. The average molecular weight is 381 g/mol. The van der Waals surface area contributed by atoms with Crippen LogP contribution in [0.4, 0.5) is 0 Å². The maximum absolute atomic E-state index is 12.2. The number of methoxy groups -OCH3 is 2. The van der Waals surface area contributed by atoms with E-state index in [-0.39, 0.29) is 5.91 Å². The highest BCUT2D eigenvalue weighted by atomic mass is 79.9. The molecule has 1 aromatic carbocycles. The van der Waals surface area contributed by atoms with E-state index in [1.54, 1.807) is 39.5 Å². The number of carbonyl (C=O) groups excluding carboxylic acids is 1. The molecule has 1 aromatic heterocycles. The molecule has 0 unspecified atom stereocenters. The Morgan fingerprint density at radius 1 is 1.39 bits per heavy atom. The molecule has 23 heavy (non-hydrogen) atoms. The third-order valence-electron chi connectivity index (χ3n) is 3.17. The van der Waals surface area contributed by atoms with Crippen molar-refractivity contribution in [3.63, 3.8) is 0 Å². The van der Waals surface area contributed by atoms with E-state index in [4.69, 9.17) is 9.47 Å². The van der Waals surface area contributed by atoms with Crippen LogP contribution in [0.15, 0.2) is 27.8 Å². The summed E-state index contributed by atoms with van der Waals surface area (Å²) in [6.07, 6.45) is 1.51. The van der Waals surface area contributed by atoms with Crippen LogP contribution >= 0.6 is 15.9 Å². The molecule has 0 aliphatic rings. The predicted octanol–water partition coefficient (Wildman–Crippen LogP) is 2.27. The Kier molecular flexibility index (Phi) is 5.38. The van der Waals surface area contributed by atoms with Gasteiger partial charge in [0.15, 0.2) is 0 Å². The van der Waals surface area contributed by atoms with Crippen LogP contribution < -0.4 is 14.9 Å². The second-order valence-corrected chi connectivity index (χ2v) is 5.47. The Morgan fingerprint density at radius 2 is 2.13 bits per heavy atom. The van der Waals surface area contributed by atoms with Gasteiger partial charge in [-0.05, 0) is 35.0 Å². The number of hydrazone groups is 1. The van der Waals surface area contributed by atoms with Crippen molar-refractivity contribution in [1.82, 2.24) is 15.2 Å². The van der Waals surface area contributed by atoms with Crippen LogP contribution in [0.2, 0.25) is 0 Å². The van der Waals surface area contributed by atoms with Gasteiger partial charge in [-0.2, -0.15) is 10.2 Å². The summed E-state index contributed by atoms with van der Waals surface area (Å²) in [5.74, 6) is 0.918. The van der Waals surface area contributed by atoms with Crippen molar-refractivity contribution in [3.8, 4) is 11.5 Å². The average Bonchev–Trinajstić information content (AvgIpc) is 2.80. The molecule has 0 atom stereocenters. The van der Waals surface area contributed by atoms with E-state index in [1.807, 2.05) is 6.92 Å². The highest BCUT2D eigenvalue weighted by molar-refractivity contribution is 9.10. The zero-order chi connectivity index (χ0) is 17.0. The molecule has 1 N–H and O–H groups in total. The van der Waals surface area contributed by atoms with Crippen LogP contribution in [-0.2, 0) is 7.05 Å². The van der Waals surface area contributed by atoms with E-state index in [0.717, 1.165) is 5.69 Å². The van der Waals surface area contributed by atoms with Crippen LogP contribution in [0, 0.1) is 6.92 Å². The minimum atomic E-state index is -0.358. The molecule has 122 valence electrons. The van der Waals surface area contributed by atoms with Crippen molar-refractivity contribution < 1.29 is 14.3 Å². The number of nitrogens with zero attached hydrogens (tertiary/aromatic N) is 3. The summed E-state index contributed by atoms with van der Waals surface area (Å²) in [5, 5.41) is 8.13. The number of hydrogen-bond acceptors (Lipinski definition) is 5. The fourth-order valence-corrected chi connectivity index (χ4v) is 2.53. The fourth-order valence-electron chi connectivity index (χ4n) is 2.02. The molecule has 0 radical (unpaired) electrons. The summed E-state index contributed by atoms with van der Waals surface area (Å²) >= 11 is 3.35. The van der Waals surface area contributed by atoms with Gasteiger partial charge in [0.25, 0.3) is 5.91 Å². The first-order valence-corrected chi connectivity index (χ1v) is 7.51. The Morgan fingerprint density at radius 3 is 2.70 bits per heavy atom. The van der Waals surface area contributed by atoms with Gasteiger partial charge >= 0.3 is 0 Å². The third kappa shape index (κ3) is 3.70.